The van der Waals surface area contributed by atoms with Gasteiger partial charge in [0.2, 0.25) is 0 Å². The standard InChI is InChI=1S/C8H6/c1-3-5-7-8-6-4-2/h1-2H3/i1D,2D3. The molecule has 0 amide bonds. The van der Waals surface area contributed by atoms with Crippen LogP contribution in [0.3, 0.4) is 0 Å². The van der Waals surface area contributed by atoms with Crippen LogP contribution in [0.15, 0.2) is 0 Å². The van der Waals surface area contributed by atoms with Gasteiger partial charge in [-0.15, -0.1) is 0 Å². The molecule has 0 spiro atoms. The summed E-state index contributed by atoms with van der Waals surface area (Å²) in [5, 5.41) is 0. The lowest BCUT2D eigenvalue weighted by molar-refractivity contribution is 1.92. The Morgan fingerprint density at radius 2 is 1.75 bits per heavy atom. The van der Waals surface area contributed by atoms with Gasteiger partial charge in [0.1, 0.15) is 0 Å². The van der Waals surface area contributed by atoms with E-state index in [1.807, 2.05) is 5.92 Å². The van der Waals surface area contributed by atoms with E-state index in [-0.39, 0.29) is 6.90 Å². The van der Waals surface area contributed by atoms with Gasteiger partial charge in [-0.05, 0) is 37.4 Å². The van der Waals surface area contributed by atoms with Crippen LogP contribution < -0.4 is 0 Å². The first-order valence-corrected chi connectivity index (χ1v) is 1.85. The topological polar surface area (TPSA) is 0 Å². The maximum Gasteiger partial charge on any atom is 0.0366 e. The first-order valence-electron chi connectivity index (χ1n) is 4.06. The Hall–Kier alpha value is -1.32. The van der Waals surface area contributed by atoms with E-state index in [0.29, 0.717) is 0 Å². The third kappa shape index (κ3) is 4.68. The number of hydrogen-bond donors (Lipinski definition) is 0. The Morgan fingerprint density at radius 1 is 1.00 bits per heavy atom. The number of rotatable bonds is 0. The molecule has 0 heteroatoms. The van der Waals surface area contributed by atoms with Gasteiger partial charge in [0.25, 0.3) is 0 Å². The van der Waals surface area contributed by atoms with Crippen molar-refractivity contribution in [2.45, 2.75) is 13.8 Å². The Balaban J connectivity index is 4.08. The normalized spacial score (nSPS) is 12.5. The summed E-state index contributed by atoms with van der Waals surface area (Å²) >= 11 is 0. The van der Waals surface area contributed by atoms with Crippen molar-refractivity contribution >= 4 is 0 Å². The van der Waals surface area contributed by atoms with Gasteiger partial charge in [-0.3, -0.25) is 0 Å². The van der Waals surface area contributed by atoms with Crippen LogP contribution in [0.4, 0.5) is 0 Å². The van der Waals surface area contributed by atoms with E-state index >= 15 is 0 Å². The van der Waals surface area contributed by atoms with Gasteiger partial charge in [-0.2, -0.15) is 0 Å². The highest BCUT2D eigenvalue weighted by atomic mass is 13.5. The van der Waals surface area contributed by atoms with Gasteiger partial charge in [-0.25, -0.2) is 0 Å². The van der Waals surface area contributed by atoms with E-state index in [4.69, 9.17) is 5.48 Å². The van der Waals surface area contributed by atoms with Crippen LogP contribution in [0.1, 0.15) is 19.2 Å². The van der Waals surface area contributed by atoms with Crippen LogP contribution >= 0.6 is 0 Å². The zero-order valence-corrected chi connectivity index (χ0v) is 4.21. The van der Waals surface area contributed by atoms with Crippen LogP contribution in [0, 0.1) is 35.5 Å². The van der Waals surface area contributed by atoms with Crippen molar-refractivity contribution in [3.8, 4) is 35.5 Å². The third-order valence-corrected chi connectivity index (χ3v) is 0.338. The zero-order chi connectivity index (χ0) is 9.45. The molecule has 0 unspecified atom stereocenters. The largest absolute Gasteiger partial charge is 0.0925 e. The summed E-state index contributed by atoms with van der Waals surface area (Å²) < 4.78 is 26.6. The molecule has 0 bridgehead atoms. The zero-order valence-electron chi connectivity index (χ0n) is 8.21. The summed E-state index contributed by atoms with van der Waals surface area (Å²) in [5.74, 6) is 13.4. The average Bonchev–Trinajstić information content (AvgIpc) is 1.94. The molecule has 38 valence electrons. The van der Waals surface area contributed by atoms with Crippen LogP contribution in [0.5, 0.6) is 0 Å². The van der Waals surface area contributed by atoms with Crippen molar-refractivity contribution in [3.63, 3.8) is 0 Å². The molecule has 0 radical (unpaired) electrons. The molecule has 0 aliphatic carbocycles. The van der Waals surface area contributed by atoms with E-state index < -0.39 is 6.85 Å². The summed E-state index contributed by atoms with van der Waals surface area (Å²) in [6.45, 7) is -2.26. The van der Waals surface area contributed by atoms with Crippen molar-refractivity contribution in [2.75, 3.05) is 0 Å². The maximum absolute atomic E-state index is 6.67. The van der Waals surface area contributed by atoms with Gasteiger partial charge < -0.3 is 0 Å². The number of hydrogen-bond acceptors (Lipinski definition) is 0. The predicted molar refractivity (Wildman–Crippen MR) is 34.7 cm³/mol. The molecule has 0 aromatic heterocycles. The average molecular weight is 106 g/mol. The molecule has 0 nitrogen and oxygen atoms in total. The predicted octanol–water partition coefficient (Wildman–Crippen LogP) is 1.04. The quantitative estimate of drug-likeness (QED) is 0.405. The Kier molecular flexibility index (Phi) is 1.63. The molecule has 0 atom stereocenters. The second-order valence-corrected chi connectivity index (χ2v) is 0.802. The van der Waals surface area contributed by atoms with Crippen molar-refractivity contribution in [1.29, 1.82) is 0 Å². The fourth-order valence-electron chi connectivity index (χ4n) is 0.138. The van der Waals surface area contributed by atoms with Crippen LogP contribution in [-0.4, -0.2) is 0 Å². The summed E-state index contributed by atoms with van der Waals surface area (Å²) in [6.07, 6.45) is 0. The van der Waals surface area contributed by atoms with Crippen LogP contribution in [0.25, 0.3) is 0 Å². The molecule has 0 fully saturated rings. The lowest BCUT2D eigenvalue weighted by atomic mass is 10.5. The summed E-state index contributed by atoms with van der Waals surface area (Å²) in [6, 6.07) is 0. The van der Waals surface area contributed by atoms with Crippen molar-refractivity contribution < 1.29 is 5.48 Å². The van der Waals surface area contributed by atoms with Crippen molar-refractivity contribution in [2.24, 2.45) is 0 Å². The summed E-state index contributed by atoms with van der Waals surface area (Å²) in [7, 11) is 0. The highest BCUT2D eigenvalue weighted by molar-refractivity contribution is 5.34. The SMILES string of the molecule is [2H]CC#CC#CC#CC([2H])([2H])[2H]. The van der Waals surface area contributed by atoms with Gasteiger partial charge >= 0.3 is 0 Å². The minimum atomic E-state index is -2.25. The van der Waals surface area contributed by atoms with E-state index in [0.717, 1.165) is 0 Å². The lowest BCUT2D eigenvalue weighted by Gasteiger charge is -1.52. The van der Waals surface area contributed by atoms with E-state index in [1.165, 1.54) is 0 Å². The minimum Gasteiger partial charge on any atom is -0.0925 e. The van der Waals surface area contributed by atoms with Crippen molar-refractivity contribution in [1.82, 2.24) is 0 Å². The molecule has 0 saturated heterocycles. The first kappa shape index (κ1) is 2.30. The molecule has 0 aromatic carbocycles. The lowest BCUT2D eigenvalue weighted by Crippen LogP contribution is -1.48. The van der Waals surface area contributed by atoms with Gasteiger partial charge in [0.15, 0.2) is 0 Å². The third-order valence-electron chi connectivity index (χ3n) is 0.338. The van der Waals surface area contributed by atoms with Crippen molar-refractivity contribution in [3.05, 3.63) is 0 Å². The van der Waals surface area contributed by atoms with Crippen LogP contribution in [0.2, 0.25) is 0 Å². The molecule has 0 rings (SSSR count). The Labute approximate surface area is 55.9 Å². The van der Waals surface area contributed by atoms with E-state index in [2.05, 4.69) is 29.6 Å². The molecule has 0 saturated carbocycles. The van der Waals surface area contributed by atoms with E-state index in [9.17, 15) is 0 Å². The van der Waals surface area contributed by atoms with Gasteiger partial charge in [0, 0.05) is 5.48 Å². The smallest absolute Gasteiger partial charge is 0.0366 e. The molecule has 8 heavy (non-hydrogen) atoms. The molecular weight excluding hydrogens is 96.1 g/mol. The molecule has 0 aliphatic heterocycles. The summed E-state index contributed by atoms with van der Waals surface area (Å²) in [5.41, 5.74) is 0. The van der Waals surface area contributed by atoms with Crippen LogP contribution in [-0.2, 0) is 0 Å². The van der Waals surface area contributed by atoms with Gasteiger partial charge in [-0.1, -0.05) is 11.8 Å². The van der Waals surface area contributed by atoms with Gasteiger partial charge in [0.05, 0.1) is 0 Å². The first-order chi connectivity index (χ1) is 5.56. The van der Waals surface area contributed by atoms with E-state index in [1.54, 1.807) is 0 Å². The molecule has 0 aliphatic rings. The molecule has 0 heterocycles. The second-order valence-electron chi connectivity index (χ2n) is 0.802. The Bertz CT molecular complexity index is 305. The monoisotopic (exact) mass is 106 g/mol. The molecule has 0 N–H and O–H groups in total. The Morgan fingerprint density at radius 3 is 2.38 bits per heavy atom. The highest BCUT2D eigenvalue weighted by Crippen LogP contribution is 1.51. The molecular formula is C8H6. The maximum atomic E-state index is 6.67. The summed E-state index contributed by atoms with van der Waals surface area (Å²) in [4.78, 5) is 0. The minimum absolute atomic E-state index is 0.0125. The fourth-order valence-corrected chi connectivity index (χ4v) is 0.138. The highest BCUT2D eigenvalue weighted by Gasteiger charge is 1.48. The fraction of sp³-hybridized carbons (Fsp3) is 0.250. The molecule has 0 aromatic rings. The second kappa shape index (κ2) is 5.68.